The number of hydrogen-bond acceptors (Lipinski definition) is 5. The molecule has 1 unspecified atom stereocenters. The summed E-state index contributed by atoms with van der Waals surface area (Å²) in [6.07, 6.45) is 3.01. The molecule has 1 atom stereocenters. The van der Waals surface area contributed by atoms with Crippen LogP contribution in [0.3, 0.4) is 0 Å². The maximum absolute atomic E-state index is 11.4. The summed E-state index contributed by atoms with van der Waals surface area (Å²) in [5.41, 5.74) is 6.50. The van der Waals surface area contributed by atoms with E-state index in [9.17, 15) is 14.7 Å². The molecule has 2 rings (SSSR count). The first-order valence-electron chi connectivity index (χ1n) is 6.14. The number of amides is 1. The number of pyridine rings is 1. The lowest BCUT2D eigenvalue weighted by Gasteiger charge is -2.15. The number of nitrogens with two attached hydrogens (primary N) is 1. The molecule has 0 saturated carbocycles. The minimum absolute atomic E-state index is 0.135. The van der Waals surface area contributed by atoms with Crippen molar-refractivity contribution < 1.29 is 14.7 Å². The smallest absolute Gasteiger partial charge is 0.330 e. The Morgan fingerprint density at radius 1 is 1.43 bits per heavy atom. The minimum atomic E-state index is -1.11. The lowest BCUT2D eigenvalue weighted by Crippen LogP contribution is -2.23. The third-order valence-corrected chi connectivity index (χ3v) is 2.89. The lowest BCUT2D eigenvalue weighted by atomic mass is 10.1. The molecule has 110 valence electrons. The van der Waals surface area contributed by atoms with Gasteiger partial charge in [-0.1, -0.05) is 0 Å². The molecule has 1 amide bonds. The van der Waals surface area contributed by atoms with E-state index >= 15 is 0 Å². The number of nitrogens with zero attached hydrogens (tertiary/aromatic N) is 3. The predicted molar refractivity (Wildman–Crippen MR) is 74.7 cm³/mol. The van der Waals surface area contributed by atoms with E-state index in [2.05, 4.69) is 15.4 Å². The molecule has 0 aliphatic rings. The molecule has 8 nitrogen and oxygen atoms in total. The number of aliphatic carboxylic acids is 1. The summed E-state index contributed by atoms with van der Waals surface area (Å²) >= 11 is 0. The molecule has 0 saturated heterocycles. The summed E-state index contributed by atoms with van der Waals surface area (Å²) < 4.78 is 1.49. The van der Waals surface area contributed by atoms with Gasteiger partial charge >= 0.3 is 5.97 Å². The van der Waals surface area contributed by atoms with E-state index in [1.54, 1.807) is 26.2 Å². The molecular formula is C13H15N5O3. The molecular weight excluding hydrogens is 274 g/mol. The normalized spacial score (nSPS) is 11.9. The van der Waals surface area contributed by atoms with Crippen molar-refractivity contribution in [3.05, 3.63) is 41.3 Å². The number of carboxylic acid groups (broad SMARTS) is 1. The SMILES string of the molecule is Cc1ccc(C(N)=O)c(NC(C(=O)O)c2cnn(C)c2)n1. The monoisotopic (exact) mass is 289 g/mol. The van der Waals surface area contributed by atoms with Crippen molar-refractivity contribution in [2.45, 2.75) is 13.0 Å². The van der Waals surface area contributed by atoms with Crippen LogP contribution in [0.5, 0.6) is 0 Å². The van der Waals surface area contributed by atoms with E-state index < -0.39 is 17.9 Å². The topological polar surface area (TPSA) is 123 Å². The van der Waals surface area contributed by atoms with Crippen molar-refractivity contribution in [2.24, 2.45) is 12.8 Å². The van der Waals surface area contributed by atoms with Crippen LogP contribution in [0.25, 0.3) is 0 Å². The molecule has 21 heavy (non-hydrogen) atoms. The third kappa shape index (κ3) is 3.16. The van der Waals surface area contributed by atoms with Crippen LogP contribution in [-0.2, 0) is 11.8 Å². The molecule has 0 aliphatic heterocycles. The Bertz CT molecular complexity index is 695. The Morgan fingerprint density at radius 2 is 2.14 bits per heavy atom. The van der Waals surface area contributed by atoms with Crippen LogP contribution < -0.4 is 11.1 Å². The number of nitrogens with one attached hydrogen (secondary N) is 1. The molecule has 2 aromatic rings. The fourth-order valence-electron chi connectivity index (χ4n) is 1.88. The van der Waals surface area contributed by atoms with Gasteiger partial charge in [-0.3, -0.25) is 9.48 Å². The fourth-order valence-corrected chi connectivity index (χ4v) is 1.88. The highest BCUT2D eigenvalue weighted by molar-refractivity contribution is 5.98. The summed E-state index contributed by atoms with van der Waals surface area (Å²) in [5, 5.41) is 16.0. The van der Waals surface area contributed by atoms with E-state index in [1.807, 2.05) is 0 Å². The number of aryl methyl sites for hydroxylation is 2. The van der Waals surface area contributed by atoms with Gasteiger partial charge in [0.2, 0.25) is 0 Å². The van der Waals surface area contributed by atoms with Crippen LogP contribution in [0.2, 0.25) is 0 Å². The Balaban J connectivity index is 2.40. The van der Waals surface area contributed by atoms with Gasteiger partial charge in [0.25, 0.3) is 5.91 Å². The number of carbonyl (C=O) groups is 2. The van der Waals surface area contributed by atoms with Gasteiger partial charge < -0.3 is 16.2 Å². The number of aromatic nitrogens is 3. The minimum Gasteiger partial charge on any atom is -0.479 e. The van der Waals surface area contributed by atoms with Crippen molar-refractivity contribution in [1.29, 1.82) is 0 Å². The molecule has 0 radical (unpaired) electrons. The van der Waals surface area contributed by atoms with Crippen LogP contribution >= 0.6 is 0 Å². The zero-order chi connectivity index (χ0) is 15.6. The number of hydrogen-bond donors (Lipinski definition) is 3. The van der Waals surface area contributed by atoms with E-state index in [1.165, 1.54) is 16.9 Å². The molecule has 0 spiro atoms. The van der Waals surface area contributed by atoms with Gasteiger partial charge in [-0.2, -0.15) is 5.10 Å². The van der Waals surface area contributed by atoms with E-state index in [-0.39, 0.29) is 11.4 Å². The average molecular weight is 289 g/mol. The molecule has 0 bridgehead atoms. The largest absolute Gasteiger partial charge is 0.479 e. The maximum Gasteiger partial charge on any atom is 0.330 e. The number of carboxylic acids is 1. The first-order valence-corrected chi connectivity index (χ1v) is 6.14. The van der Waals surface area contributed by atoms with Crippen molar-refractivity contribution >= 4 is 17.7 Å². The van der Waals surface area contributed by atoms with Crippen molar-refractivity contribution in [3.8, 4) is 0 Å². The predicted octanol–water partition coefficient (Wildman–Crippen LogP) is 0.460. The molecule has 0 fully saturated rings. The number of anilines is 1. The fraction of sp³-hybridized carbons (Fsp3) is 0.231. The quantitative estimate of drug-likeness (QED) is 0.734. The highest BCUT2D eigenvalue weighted by atomic mass is 16.4. The molecule has 0 aliphatic carbocycles. The van der Waals surface area contributed by atoms with Gasteiger partial charge in [0.05, 0.1) is 11.8 Å². The Labute approximate surface area is 120 Å². The molecule has 2 heterocycles. The Kier molecular flexibility index (Phi) is 3.88. The van der Waals surface area contributed by atoms with Gasteiger partial charge in [0.1, 0.15) is 5.82 Å². The average Bonchev–Trinajstić information content (AvgIpc) is 2.81. The van der Waals surface area contributed by atoms with Crippen LogP contribution in [0, 0.1) is 6.92 Å². The first-order chi connectivity index (χ1) is 9.88. The summed E-state index contributed by atoms with van der Waals surface area (Å²) in [4.78, 5) is 27.0. The second-order valence-corrected chi connectivity index (χ2v) is 4.58. The second-order valence-electron chi connectivity index (χ2n) is 4.58. The van der Waals surface area contributed by atoms with Crippen molar-refractivity contribution in [2.75, 3.05) is 5.32 Å². The zero-order valence-corrected chi connectivity index (χ0v) is 11.6. The number of carbonyl (C=O) groups excluding carboxylic acids is 1. The molecule has 0 aromatic carbocycles. The van der Waals surface area contributed by atoms with E-state index in [4.69, 9.17) is 5.73 Å². The molecule has 8 heteroatoms. The number of primary amides is 1. The third-order valence-electron chi connectivity index (χ3n) is 2.89. The molecule has 2 aromatic heterocycles. The summed E-state index contributed by atoms with van der Waals surface area (Å²) in [5.74, 6) is -1.65. The van der Waals surface area contributed by atoms with Crippen LogP contribution in [0.4, 0.5) is 5.82 Å². The van der Waals surface area contributed by atoms with Gasteiger partial charge in [-0.25, -0.2) is 9.78 Å². The van der Waals surface area contributed by atoms with Crippen molar-refractivity contribution in [1.82, 2.24) is 14.8 Å². The number of rotatable bonds is 5. The van der Waals surface area contributed by atoms with Gasteiger partial charge in [-0.15, -0.1) is 0 Å². The van der Waals surface area contributed by atoms with E-state index in [0.717, 1.165) is 0 Å². The Morgan fingerprint density at radius 3 is 2.67 bits per heavy atom. The second kappa shape index (κ2) is 5.61. The first kappa shape index (κ1) is 14.5. The lowest BCUT2D eigenvalue weighted by molar-refractivity contribution is -0.138. The van der Waals surface area contributed by atoms with Gasteiger partial charge in [0, 0.05) is 24.5 Å². The van der Waals surface area contributed by atoms with Gasteiger partial charge in [0.15, 0.2) is 6.04 Å². The van der Waals surface area contributed by atoms with E-state index in [0.29, 0.717) is 11.3 Å². The zero-order valence-electron chi connectivity index (χ0n) is 11.6. The van der Waals surface area contributed by atoms with Crippen molar-refractivity contribution in [3.63, 3.8) is 0 Å². The van der Waals surface area contributed by atoms with Crippen LogP contribution in [0.1, 0.15) is 27.7 Å². The Hall–Kier alpha value is -2.90. The maximum atomic E-state index is 11.4. The van der Waals surface area contributed by atoms with Crippen LogP contribution in [-0.4, -0.2) is 31.7 Å². The standard InChI is InChI=1S/C13H15N5O3/c1-7-3-4-9(11(14)19)12(16-7)17-10(13(20)21)8-5-15-18(2)6-8/h3-6,10H,1-2H3,(H2,14,19)(H,16,17)(H,20,21). The highest BCUT2D eigenvalue weighted by Gasteiger charge is 2.23. The van der Waals surface area contributed by atoms with Crippen LogP contribution in [0.15, 0.2) is 24.5 Å². The summed E-state index contributed by atoms with van der Waals surface area (Å²) in [6, 6.07) is 2.06. The summed E-state index contributed by atoms with van der Waals surface area (Å²) in [7, 11) is 1.68. The summed E-state index contributed by atoms with van der Waals surface area (Å²) in [6.45, 7) is 1.73. The molecule has 4 N–H and O–H groups in total. The van der Waals surface area contributed by atoms with Gasteiger partial charge in [-0.05, 0) is 19.1 Å². The highest BCUT2D eigenvalue weighted by Crippen LogP contribution is 2.21.